The second kappa shape index (κ2) is 9.46. The highest BCUT2D eigenvalue weighted by Crippen LogP contribution is 2.33. The number of halogens is 2. The molecule has 7 heteroatoms. The molecule has 1 unspecified atom stereocenters. The van der Waals surface area contributed by atoms with Crippen molar-refractivity contribution < 1.29 is 0 Å². The lowest BCUT2D eigenvalue weighted by Gasteiger charge is -2.37. The molecule has 0 saturated carbocycles. The topological polar surface area (TPSA) is 42.9 Å². The fraction of sp³-hybridized carbons (Fsp3) is 0.435. The van der Waals surface area contributed by atoms with E-state index in [-0.39, 0.29) is 6.04 Å². The first-order valence-electron chi connectivity index (χ1n) is 10.6. The molecule has 30 heavy (non-hydrogen) atoms. The van der Waals surface area contributed by atoms with E-state index < -0.39 is 0 Å². The molecular weight excluding hydrogens is 417 g/mol. The standard InChI is InChI=1S/C23H29Cl2N5/c1-16-5-3-6-17(2)22(16)30-13-11-29(12-14-30)10-9-26-23-27-15-20(28-23)21-18(24)7-4-8-19(21)25/h3-8,20H,9-15H2,1-2H3,(H2,26,27,28). The third-order valence-electron chi connectivity index (χ3n) is 5.93. The normalized spacial score (nSPS) is 19.5. The van der Waals surface area contributed by atoms with Crippen molar-refractivity contribution in [2.45, 2.75) is 19.9 Å². The Morgan fingerprint density at radius 2 is 1.63 bits per heavy atom. The van der Waals surface area contributed by atoms with Gasteiger partial charge in [-0.25, -0.2) is 4.99 Å². The molecule has 2 aromatic carbocycles. The zero-order valence-electron chi connectivity index (χ0n) is 17.6. The summed E-state index contributed by atoms with van der Waals surface area (Å²) in [4.78, 5) is 9.76. The number of aryl methyl sites for hydroxylation is 2. The van der Waals surface area contributed by atoms with E-state index in [2.05, 4.69) is 52.5 Å². The quantitative estimate of drug-likeness (QED) is 0.728. The van der Waals surface area contributed by atoms with Gasteiger partial charge >= 0.3 is 0 Å². The number of benzene rings is 2. The van der Waals surface area contributed by atoms with Gasteiger partial charge in [0.15, 0.2) is 5.96 Å². The first-order valence-corrected chi connectivity index (χ1v) is 11.3. The second-order valence-corrected chi connectivity index (χ2v) is 8.82. The van der Waals surface area contributed by atoms with Gasteiger partial charge < -0.3 is 15.5 Å². The Hall–Kier alpha value is -1.95. The number of hydrogen-bond donors (Lipinski definition) is 2. The zero-order chi connectivity index (χ0) is 21.1. The molecule has 0 aromatic heterocycles. The summed E-state index contributed by atoms with van der Waals surface area (Å²) in [6.45, 7) is 11.3. The molecule has 0 amide bonds. The molecule has 2 N–H and O–H groups in total. The van der Waals surface area contributed by atoms with Gasteiger partial charge in [-0.05, 0) is 37.1 Å². The third-order valence-corrected chi connectivity index (χ3v) is 6.59. The van der Waals surface area contributed by atoms with Crippen molar-refractivity contribution in [3.63, 3.8) is 0 Å². The predicted octanol–water partition coefficient (Wildman–Crippen LogP) is 4.02. The molecule has 5 nitrogen and oxygen atoms in total. The highest BCUT2D eigenvalue weighted by atomic mass is 35.5. The lowest BCUT2D eigenvalue weighted by molar-refractivity contribution is 0.261. The molecule has 1 fully saturated rings. The van der Waals surface area contributed by atoms with Crippen molar-refractivity contribution in [3.8, 4) is 0 Å². The smallest absolute Gasteiger partial charge is 0.192 e. The number of nitrogens with one attached hydrogen (secondary N) is 2. The summed E-state index contributed by atoms with van der Waals surface area (Å²) < 4.78 is 0. The van der Waals surface area contributed by atoms with E-state index in [0.29, 0.717) is 16.6 Å². The minimum absolute atomic E-state index is 0.0467. The largest absolute Gasteiger partial charge is 0.369 e. The maximum Gasteiger partial charge on any atom is 0.192 e. The van der Waals surface area contributed by atoms with Crippen molar-refractivity contribution >= 4 is 34.8 Å². The fourth-order valence-corrected chi connectivity index (χ4v) is 5.03. The van der Waals surface area contributed by atoms with Crippen molar-refractivity contribution in [2.75, 3.05) is 50.7 Å². The van der Waals surface area contributed by atoms with E-state index in [1.165, 1.54) is 16.8 Å². The van der Waals surface area contributed by atoms with Crippen LogP contribution in [0.4, 0.5) is 5.69 Å². The van der Waals surface area contributed by atoms with E-state index in [4.69, 9.17) is 28.2 Å². The summed E-state index contributed by atoms with van der Waals surface area (Å²) in [5, 5.41) is 8.09. The van der Waals surface area contributed by atoms with E-state index in [0.717, 1.165) is 50.8 Å². The van der Waals surface area contributed by atoms with E-state index in [1.54, 1.807) is 0 Å². The van der Waals surface area contributed by atoms with Gasteiger partial charge in [0.25, 0.3) is 0 Å². The number of guanidine groups is 1. The Labute approximate surface area is 189 Å². The van der Waals surface area contributed by atoms with Crippen molar-refractivity contribution in [3.05, 3.63) is 63.1 Å². The molecule has 2 aromatic rings. The SMILES string of the molecule is Cc1cccc(C)c1N1CCN(CCNC2=NC(c3c(Cl)cccc3Cl)CN2)CC1. The molecule has 0 spiro atoms. The third kappa shape index (κ3) is 4.69. The Bertz CT molecular complexity index is 881. The van der Waals surface area contributed by atoms with Gasteiger partial charge in [-0.15, -0.1) is 0 Å². The predicted molar refractivity (Wildman–Crippen MR) is 127 cm³/mol. The minimum Gasteiger partial charge on any atom is -0.369 e. The lowest BCUT2D eigenvalue weighted by Crippen LogP contribution is -2.49. The molecular formula is C23H29Cl2N5. The number of rotatable bonds is 5. The van der Waals surface area contributed by atoms with Gasteiger partial charge in [0.1, 0.15) is 0 Å². The van der Waals surface area contributed by atoms with E-state index in [9.17, 15) is 0 Å². The summed E-state index contributed by atoms with van der Waals surface area (Å²) in [5.41, 5.74) is 5.03. The Kier molecular flexibility index (Phi) is 6.71. The van der Waals surface area contributed by atoms with Crippen LogP contribution in [0.5, 0.6) is 0 Å². The maximum absolute atomic E-state index is 6.33. The van der Waals surface area contributed by atoms with Gasteiger partial charge in [0.05, 0.1) is 6.04 Å². The van der Waals surface area contributed by atoms with Crippen molar-refractivity contribution in [1.82, 2.24) is 15.5 Å². The van der Waals surface area contributed by atoms with Crippen LogP contribution in [0.15, 0.2) is 41.4 Å². The van der Waals surface area contributed by atoms with Crippen LogP contribution in [0, 0.1) is 13.8 Å². The van der Waals surface area contributed by atoms with E-state index >= 15 is 0 Å². The number of para-hydroxylation sites is 1. The summed E-state index contributed by atoms with van der Waals surface area (Å²) in [5.74, 6) is 0.824. The number of nitrogens with zero attached hydrogens (tertiary/aromatic N) is 3. The van der Waals surface area contributed by atoms with Crippen LogP contribution in [0.25, 0.3) is 0 Å². The van der Waals surface area contributed by atoms with Crippen LogP contribution in [0.3, 0.4) is 0 Å². The van der Waals surface area contributed by atoms with Crippen LogP contribution in [0.2, 0.25) is 10.0 Å². The van der Waals surface area contributed by atoms with Crippen LogP contribution >= 0.6 is 23.2 Å². The molecule has 0 aliphatic carbocycles. The molecule has 2 heterocycles. The van der Waals surface area contributed by atoms with Crippen LogP contribution in [0.1, 0.15) is 22.7 Å². The fourth-order valence-electron chi connectivity index (χ4n) is 4.38. The number of piperazine rings is 1. The number of hydrogen-bond acceptors (Lipinski definition) is 5. The highest BCUT2D eigenvalue weighted by Gasteiger charge is 2.23. The summed E-state index contributed by atoms with van der Waals surface area (Å²) in [6, 6.07) is 12.1. The van der Waals surface area contributed by atoms with Gasteiger partial charge in [-0.1, -0.05) is 47.5 Å². The summed E-state index contributed by atoms with van der Waals surface area (Å²) >= 11 is 12.7. The van der Waals surface area contributed by atoms with Crippen molar-refractivity contribution in [1.29, 1.82) is 0 Å². The van der Waals surface area contributed by atoms with Crippen LogP contribution in [-0.2, 0) is 0 Å². The average molecular weight is 446 g/mol. The Balaban J connectivity index is 1.25. The van der Waals surface area contributed by atoms with Gasteiger partial charge in [-0.3, -0.25) is 4.90 Å². The number of aliphatic imine (C=N–C) groups is 1. The molecule has 4 rings (SSSR count). The Morgan fingerprint density at radius 1 is 1.00 bits per heavy atom. The molecule has 160 valence electrons. The monoisotopic (exact) mass is 445 g/mol. The molecule has 0 bridgehead atoms. The van der Waals surface area contributed by atoms with Gasteiger partial charge in [-0.2, -0.15) is 0 Å². The van der Waals surface area contributed by atoms with Crippen molar-refractivity contribution in [2.24, 2.45) is 4.99 Å². The molecule has 2 aliphatic heterocycles. The first kappa shape index (κ1) is 21.3. The summed E-state index contributed by atoms with van der Waals surface area (Å²) in [7, 11) is 0. The van der Waals surface area contributed by atoms with Gasteiger partial charge in [0.2, 0.25) is 0 Å². The molecule has 0 radical (unpaired) electrons. The molecule has 1 atom stereocenters. The van der Waals surface area contributed by atoms with E-state index in [1.807, 2.05) is 18.2 Å². The first-order chi connectivity index (χ1) is 14.5. The highest BCUT2D eigenvalue weighted by molar-refractivity contribution is 6.36. The van der Waals surface area contributed by atoms with Crippen LogP contribution < -0.4 is 15.5 Å². The second-order valence-electron chi connectivity index (χ2n) is 8.01. The summed E-state index contributed by atoms with van der Waals surface area (Å²) in [6.07, 6.45) is 0. The average Bonchev–Trinajstić information content (AvgIpc) is 3.17. The maximum atomic E-state index is 6.33. The lowest BCUT2D eigenvalue weighted by atomic mass is 10.1. The molecule has 2 aliphatic rings. The molecule has 1 saturated heterocycles. The zero-order valence-corrected chi connectivity index (χ0v) is 19.1. The Morgan fingerprint density at radius 3 is 2.30 bits per heavy atom. The number of anilines is 1. The van der Waals surface area contributed by atoms with Crippen LogP contribution in [-0.4, -0.2) is 56.7 Å². The van der Waals surface area contributed by atoms with Gasteiger partial charge in [0, 0.05) is 67.1 Å². The minimum atomic E-state index is -0.0467.